The second-order valence-corrected chi connectivity index (χ2v) is 11.4. The molecule has 0 radical (unpaired) electrons. The van der Waals surface area contributed by atoms with Crippen LogP contribution in [0.4, 0.5) is 4.39 Å². The van der Waals surface area contributed by atoms with Crippen LogP contribution in [0.15, 0.2) is 18.3 Å². The van der Waals surface area contributed by atoms with Crippen LogP contribution in [-0.4, -0.2) is 44.7 Å². The Morgan fingerprint density at radius 2 is 2.06 bits per heavy atom. The van der Waals surface area contributed by atoms with Gasteiger partial charge in [0.15, 0.2) is 11.6 Å². The number of likely N-dealkylation sites (tertiary alicyclic amines) is 1. The lowest BCUT2D eigenvalue weighted by atomic mass is 9.61. The number of H-pyrrole nitrogens is 1. The Morgan fingerprint density at radius 3 is 2.78 bits per heavy atom. The molecule has 1 aromatic carbocycles. The van der Waals surface area contributed by atoms with E-state index < -0.39 is 5.60 Å². The van der Waals surface area contributed by atoms with E-state index in [1.165, 1.54) is 6.07 Å². The minimum Gasteiger partial charge on any atom is -0.487 e. The molecule has 32 heavy (non-hydrogen) atoms. The van der Waals surface area contributed by atoms with Crippen molar-refractivity contribution >= 4 is 16.8 Å². The van der Waals surface area contributed by atoms with Crippen molar-refractivity contribution in [1.29, 1.82) is 0 Å². The topological polar surface area (TPSA) is 65.6 Å². The fourth-order valence-corrected chi connectivity index (χ4v) is 6.71. The van der Waals surface area contributed by atoms with Crippen LogP contribution in [0.25, 0.3) is 10.9 Å². The molecule has 5 unspecified atom stereocenters. The molecule has 1 aromatic heterocycles. The van der Waals surface area contributed by atoms with E-state index in [-0.39, 0.29) is 41.2 Å². The van der Waals surface area contributed by atoms with Crippen molar-refractivity contribution in [2.24, 2.45) is 5.41 Å². The molecule has 2 N–H and O–H groups in total. The molecule has 2 saturated carbocycles. The summed E-state index contributed by atoms with van der Waals surface area (Å²) in [6.45, 7) is 8.31. The van der Waals surface area contributed by atoms with Gasteiger partial charge in [-0.3, -0.25) is 4.79 Å². The Labute approximate surface area is 189 Å². The summed E-state index contributed by atoms with van der Waals surface area (Å²) in [7, 11) is 0. The Kier molecular flexibility index (Phi) is 5.08. The van der Waals surface area contributed by atoms with Crippen molar-refractivity contribution in [3.05, 3.63) is 29.7 Å². The Hall–Kier alpha value is -2.08. The molecule has 3 aliphatic rings. The standard InChI is InChI=1S/C26H35FN2O3/c1-15(19-13-28-21-8-7-20(27)24(23(19)21)32-18-5-6-18)9-22(30)29-16(2)10-25(3)11-17(29)12-26(4,31)14-25/h7-8,13,15-18,28,31H,5-6,9-12,14H2,1-4H3. The number of nitrogens with one attached hydrogen (secondary N) is 1. The van der Waals surface area contributed by atoms with Crippen molar-refractivity contribution in [2.75, 3.05) is 0 Å². The van der Waals surface area contributed by atoms with E-state index in [0.717, 1.165) is 48.6 Å². The zero-order valence-electron chi connectivity index (χ0n) is 19.6. The molecule has 2 aromatic rings. The van der Waals surface area contributed by atoms with Crippen molar-refractivity contribution in [1.82, 2.24) is 9.88 Å². The van der Waals surface area contributed by atoms with Gasteiger partial charge >= 0.3 is 0 Å². The molecule has 5 atom stereocenters. The third kappa shape index (κ3) is 3.91. The highest BCUT2D eigenvalue weighted by atomic mass is 19.1. The molecule has 1 aliphatic heterocycles. The SMILES string of the molecule is CC(CC(=O)N1C(C)CC2(C)CC1CC(C)(O)C2)c1c[nH]c2ccc(F)c(OC3CC3)c12. The lowest BCUT2D eigenvalue weighted by Gasteiger charge is -2.56. The number of carbonyl (C=O) groups is 1. The van der Waals surface area contributed by atoms with Crippen molar-refractivity contribution in [2.45, 2.75) is 102 Å². The predicted octanol–water partition coefficient (Wildman–Crippen LogP) is 5.27. The third-order valence-electron chi connectivity index (χ3n) is 7.76. The van der Waals surface area contributed by atoms with Gasteiger partial charge in [-0.05, 0) is 81.4 Å². The lowest BCUT2D eigenvalue weighted by Crippen LogP contribution is -2.60. The van der Waals surface area contributed by atoms with Gasteiger partial charge in [-0.25, -0.2) is 4.39 Å². The number of aromatic nitrogens is 1. The number of aliphatic hydroxyl groups is 1. The molecular formula is C26H35FN2O3. The summed E-state index contributed by atoms with van der Waals surface area (Å²) >= 11 is 0. The van der Waals surface area contributed by atoms with Crippen LogP contribution in [0.3, 0.4) is 0 Å². The second kappa shape index (κ2) is 7.47. The summed E-state index contributed by atoms with van der Waals surface area (Å²) in [6, 6.07) is 3.41. The van der Waals surface area contributed by atoms with Crippen LogP contribution in [-0.2, 0) is 4.79 Å². The first kappa shape index (κ1) is 21.7. The van der Waals surface area contributed by atoms with Crippen LogP contribution < -0.4 is 4.74 Å². The van der Waals surface area contributed by atoms with Crippen LogP contribution in [0.5, 0.6) is 5.75 Å². The molecule has 5 rings (SSSR count). The van der Waals surface area contributed by atoms with E-state index >= 15 is 0 Å². The van der Waals surface area contributed by atoms with E-state index in [4.69, 9.17) is 4.74 Å². The average molecular weight is 443 g/mol. The molecule has 6 heteroatoms. The van der Waals surface area contributed by atoms with Gasteiger partial charge in [-0.15, -0.1) is 0 Å². The van der Waals surface area contributed by atoms with Gasteiger partial charge in [0.1, 0.15) is 0 Å². The summed E-state index contributed by atoms with van der Waals surface area (Å²) in [5.41, 5.74) is 1.11. The summed E-state index contributed by atoms with van der Waals surface area (Å²) in [6.07, 6.45) is 7.55. The zero-order valence-corrected chi connectivity index (χ0v) is 19.6. The average Bonchev–Trinajstić information content (AvgIpc) is 3.37. The van der Waals surface area contributed by atoms with Gasteiger partial charge < -0.3 is 19.7 Å². The smallest absolute Gasteiger partial charge is 0.223 e. The number of benzene rings is 1. The molecule has 1 saturated heterocycles. The van der Waals surface area contributed by atoms with Crippen LogP contribution in [0.2, 0.25) is 0 Å². The zero-order chi connectivity index (χ0) is 22.8. The molecule has 0 spiro atoms. The summed E-state index contributed by atoms with van der Waals surface area (Å²) < 4.78 is 20.6. The van der Waals surface area contributed by atoms with E-state index in [1.54, 1.807) is 6.07 Å². The van der Waals surface area contributed by atoms with Gasteiger partial charge in [-0.2, -0.15) is 0 Å². The molecule has 2 bridgehead atoms. The second-order valence-electron chi connectivity index (χ2n) is 11.4. The van der Waals surface area contributed by atoms with Crippen molar-refractivity contribution < 1.29 is 19.0 Å². The third-order valence-corrected chi connectivity index (χ3v) is 7.76. The number of aromatic amines is 1. The molecule has 2 aliphatic carbocycles. The monoisotopic (exact) mass is 442 g/mol. The quantitative estimate of drug-likeness (QED) is 0.663. The number of carbonyl (C=O) groups excluding carboxylic acids is 1. The molecule has 5 nitrogen and oxygen atoms in total. The van der Waals surface area contributed by atoms with Gasteiger partial charge in [0.2, 0.25) is 5.91 Å². The minimum absolute atomic E-state index is 0.0707. The Bertz CT molecular complexity index is 1040. The Balaban J connectivity index is 1.39. The van der Waals surface area contributed by atoms with Gasteiger partial charge in [0.05, 0.1) is 11.7 Å². The number of halogens is 1. The molecule has 3 fully saturated rings. The van der Waals surface area contributed by atoms with Crippen LogP contribution in [0, 0.1) is 11.2 Å². The lowest BCUT2D eigenvalue weighted by molar-refractivity contribution is -0.154. The maximum Gasteiger partial charge on any atom is 0.223 e. The summed E-state index contributed by atoms with van der Waals surface area (Å²) in [4.78, 5) is 18.8. The molecular weight excluding hydrogens is 407 g/mol. The molecule has 2 heterocycles. The molecule has 1 amide bonds. The first-order valence-corrected chi connectivity index (χ1v) is 12.0. The van der Waals surface area contributed by atoms with E-state index in [9.17, 15) is 14.3 Å². The first-order chi connectivity index (χ1) is 15.1. The fourth-order valence-electron chi connectivity index (χ4n) is 6.71. The first-order valence-electron chi connectivity index (χ1n) is 12.0. The fraction of sp³-hybridized carbons (Fsp3) is 0.654. The number of amides is 1. The number of hydrogen-bond acceptors (Lipinski definition) is 3. The summed E-state index contributed by atoms with van der Waals surface area (Å²) in [5, 5.41) is 11.6. The number of rotatable bonds is 5. The predicted molar refractivity (Wildman–Crippen MR) is 122 cm³/mol. The van der Waals surface area contributed by atoms with E-state index in [1.807, 2.05) is 24.9 Å². The number of piperidine rings is 1. The normalized spacial score (nSPS) is 33.4. The van der Waals surface area contributed by atoms with Crippen molar-refractivity contribution in [3.63, 3.8) is 0 Å². The maximum atomic E-state index is 14.6. The number of fused-ring (bicyclic) bond motifs is 3. The largest absolute Gasteiger partial charge is 0.487 e. The van der Waals surface area contributed by atoms with Gasteiger partial charge in [0, 0.05) is 35.6 Å². The number of ether oxygens (including phenoxy) is 1. The van der Waals surface area contributed by atoms with E-state index in [2.05, 4.69) is 18.8 Å². The number of hydrogen-bond donors (Lipinski definition) is 2. The van der Waals surface area contributed by atoms with Crippen LogP contribution in [0.1, 0.15) is 84.1 Å². The highest BCUT2D eigenvalue weighted by Crippen LogP contribution is 2.50. The highest BCUT2D eigenvalue weighted by molar-refractivity contribution is 5.91. The number of nitrogens with zero attached hydrogens (tertiary/aromatic N) is 1. The summed E-state index contributed by atoms with van der Waals surface area (Å²) in [5.74, 6) is -0.00230. The Morgan fingerprint density at radius 1 is 1.31 bits per heavy atom. The highest BCUT2D eigenvalue weighted by Gasteiger charge is 2.50. The van der Waals surface area contributed by atoms with E-state index in [0.29, 0.717) is 18.6 Å². The minimum atomic E-state index is -0.731. The molecule has 174 valence electrons. The maximum absolute atomic E-state index is 14.6. The van der Waals surface area contributed by atoms with Gasteiger partial charge in [-0.1, -0.05) is 13.8 Å². The van der Waals surface area contributed by atoms with Crippen LogP contribution >= 0.6 is 0 Å². The van der Waals surface area contributed by atoms with Crippen molar-refractivity contribution in [3.8, 4) is 5.75 Å². The van der Waals surface area contributed by atoms with Gasteiger partial charge in [0.25, 0.3) is 0 Å².